The molecule has 10 heteroatoms. The molecule has 3 aromatic rings. The summed E-state index contributed by atoms with van der Waals surface area (Å²) >= 11 is 0. The summed E-state index contributed by atoms with van der Waals surface area (Å²) in [5.41, 5.74) is 1.42. The molecule has 154 valence electrons. The van der Waals surface area contributed by atoms with Gasteiger partial charge in [0.2, 0.25) is 11.9 Å². The Hall–Kier alpha value is -3.79. The van der Waals surface area contributed by atoms with Gasteiger partial charge in [-0.05, 0) is 42.5 Å². The number of nitrogens with one attached hydrogen (secondary N) is 3. The molecule has 2 aromatic carbocycles. The van der Waals surface area contributed by atoms with Gasteiger partial charge in [-0.15, -0.1) is 0 Å². The molecule has 8 nitrogen and oxygen atoms in total. The van der Waals surface area contributed by atoms with E-state index in [4.69, 9.17) is 0 Å². The highest BCUT2D eigenvalue weighted by molar-refractivity contribution is 7.90. The minimum atomic E-state index is -3.38. The van der Waals surface area contributed by atoms with Crippen molar-refractivity contribution >= 4 is 44.6 Å². The maximum Gasteiger partial charge on any atom is 0.247 e. The van der Waals surface area contributed by atoms with Gasteiger partial charge >= 0.3 is 0 Å². The first kappa shape index (κ1) is 20.9. The predicted octanol–water partition coefficient (Wildman–Crippen LogP) is 3.63. The zero-order chi connectivity index (χ0) is 21.7. The highest BCUT2D eigenvalue weighted by Gasteiger charge is 2.11. The van der Waals surface area contributed by atoms with Crippen LogP contribution < -0.4 is 16.0 Å². The summed E-state index contributed by atoms with van der Waals surface area (Å²) in [4.78, 5) is 19.5. The van der Waals surface area contributed by atoms with E-state index in [0.29, 0.717) is 17.1 Å². The van der Waals surface area contributed by atoms with Gasteiger partial charge in [-0.3, -0.25) is 4.79 Å². The smallest absolute Gasteiger partial charge is 0.247 e. The normalized spacial score (nSPS) is 10.9. The van der Waals surface area contributed by atoms with Gasteiger partial charge in [0.05, 0.1) is 11.1 Å². The number of carbonyl (C=O) groups excluding carboxylic acids is 1. The Kier molecular flexibility index (Phi) is 6.07. The second-order valence-corrected chi connectivity index (χ2v) is 8.23. The molecule has 0 aliphatic carbocycles. The van der Waals surface area contributed by atoms with E-state index in [2.05, 4.69) is 32.5 Å². The van der Waals surface area contributed by atoms with E-state index < -0.39 is 15.7 Å². The van der Waals surface area contributed by atoms with E-state index >= 15 is 0 Å². The average Bonchev–Trinajstić information content (AvgIpc) is 2.70. The van der Waals surface area contributed by atoms with Crippen molar-refractivity contribution in [2.45, 2.75) is 4.90 Å². The Morgan fingerprint density at radius 1 is 1.07 bits per heavy atom. The van der Waals surface area contributed by atoms with Crippen LogP contribution in [-0.2, 0) is 14.6 Å². The van der Waals surface area contributed by atoms with Crippen LogP contribution in [0, 0.1) is 5.82 Å². The third-order valence-electron chi connectivity index (χ3n) is 3.84. The monoisotopic (exact) mass is 427 g/mol. The summed E-state index contributed by atoms with van der Waals surface area (Å²) in [6.45, 7) is 3.39. The second-order valence-electron chi connectivity index (χ2n) is 6.21. The highest BCUT2D eigenvalue weighted by atomic mass is 32.2. The van der Waals surface area contributed by atoms with E-state index in [1.165, 1.54) is 12.1 Å². The molecule has 0 atom stereocenters. The fourth-order valence-corrected chi connectivity index (χ4v) is 3.12. The molecule has 0 aliphatic heterocycles. The maximum atomic E-state index is 14.2. The Bertz CT molecular complexity index is 1210. The molecular weight excluding hydrogens is 409 g/mol. The number of rotatable bonds is 7. The van der Waals surface area contributed by atoms with Crippen molar-refractivity contribution in [3.05, 3.63) is 73.2 Å². The van der Waals surface area contributed by atoms with E-state index in [-0.39, 0.29) is 22.6 Å². The molecule has 0 radical (unpaired) electrons. The van der Waals surface area contributed by atoms with Crippen LogP contribution in [-0.4, -0.2) is 30.5 Å². The lowest BCUT2D eigenvalue weighted by molar-refractivity contribution is -0.111. The van der Waals surface area contributed by atoms with Gasteiger partial charge in [-0.2, -0.15) is 4.98 Å². The van der Waals surface area contributed by atoms with Gasteiger partial charge < -0.3 is 16.0 Å². The maximum absolute atomic E-state index is 14.2. The van der Waals surface area contributed by atoms with E-state index in [9.17, 15) is 17.6 Å². The zero-order valence-corrected chi connectivity index (χ0v) is 16.7. The molecule has 3 rings (SSSR count). The van der Waals surface area contributed by atoms with Crippen molar-refractivity contribution < 1.29 is 17.6 Å². The summed E-state index contributed by atoms with van der Waals surface area (Å²) in [5.74, 6) is -1.09. The van der Waals surface area contributed by atoms with Crippen LogP contribution in [0.4, 0.5) is 33.2 Å². The number of hydrogen-bond donors (Lipinski definition) is 3. The highest BCUT2D eigenvalue weighted by Crippen LogP contribution is 2.23. The molecule has 0 spiro atoms. The van der Waals surface area contributed by atoms with Gasteiger partial charge in [0.1, 0.15) is 0 Å². The zero-order valence-electron chi connectivity index (χ0n) is 15.9. The van der Waals surface area contributed by atoms with Crippen LogP contribution in [0.5, 0.6) is 0 Å². The molecule has 1 amide bonds. The number of hydrogen-bond acceptors (Lipinski definition) is 7. The van der Waals surface area contributed by atoms with Crippen LogP contribution in [0.3, 0.4) is 0 Å². The molecule has 30 heavy (non-hydrogen) atoms. The first-order valence-corrected chi connectivity index (χ1v) is 10.5. The lowest BCUT2D eigenvalue weighted by Gasteiger charge is -2.11. The third-order valence-corrected chi connectivity index (χ3v) is 4.95. The predicted molar refractivity (Wildman–Crippen MR) is 113 cm³/mol. The van der Waals surface area contributed by atoms with Crippen molar-refractivity contribution in [3.63, 3.8) is 0 Å². The van der Waals surface area contributed by atoms with Crippen molar-refractivity contribution in [2.75, 3.05) is 22.2 Å². The Labute approximate surface area is 172 Å². The lowest BCUT2D eigenvalue weighted by atomic mass is 10.2. The van der Waals surface area contributed by atoms with Crippen molar-refractivity contribution in [1.82, 2.24) is 9.97 Å². The molecule has 0 saturated carbocycles. The van der Waals surface area contributed by atoms with E-state index in [1.54, 1.807) is 36.4 Å². The number of nitrogens with zero attached hydrogens (tertiary/aromatic N) is 2. The van der Waals surface area contributed by atoms with Gasteiger partial charge in [-0.1, -0.05) is 18.7 Å². The number of halogens is 1. The van der Waals surface area contributed by atoms with Crippen LogP contribution in [0.15, 0.2) is 72.3 Å². The lowest BCUT2D eigenvalue weighted by Crippen LogP contribution is -2.07. The van der Waals surface area contributed by atoms with Crippen LogP contribution >= 0.6 is 0 Å². The quantitative estimate of drug-likeness (QED) is 0.494. The standard InChI is InChI=1S/C20H18FN5O3S/c1-3-18(27)23-13-6-4-7-14(10-13)24-19-17(21)12-22-20(26-19)25-15-8-5-9-16(11-15)30(2,28)29/h3-12H,1H2,2H3,(H,23,27)(H2,22,24,25,26). The molecule has 0 saturated heterocycles. The Balaban J connectivity index is 1.82. The fourth-order valence-electron chi connectivity index (χ4n) is 2.45. The van der Waals surface area contributed by atoms with E-state index in [0.717, 1.165) is 18.5 Å². The van der Waals surface area contributed by atoms with Crippen molar-refractivity contribution in [1.29, 1.82) is 0 Å². The summed E-state index contributed by atoms with van der Waals surface area (Å²) < 4.78 is 37.6. The molecule has 1 heterocycles. The van der Waals surface area contributed by atoms with Crippen LogP contribution in [0.2, 0.25) is 0 Å². The summed E-state index contributed by atoms with van der Waals surface area (Å²) in [6.07, 6.45) is 3.23. The second kappa shape index (κ2) is 8.70. The molecule has 0 unspecified atom stereocenters. The fraction of sp³-hybridized carbons (Fsp3) is 0.0500. The number of carbonyl (C=O) groups is 1. The van der Waals surface area contributed by atoms with Crippen molar-refractivity contribution in [3.8, 4) is 0 Å². The van der Waals surface area contributed by atoms with Gasteiger partial charge in [0.25, 0.3) is 0 Å². The minimum absolute atomic E-state index is 0.0701. The van der Waals surface area contributed by atoms with Gasteiger partial charge in [0, 0.05) is 23.3 Å². The van der Waals surface area contributed by atoms with Gasteiger partial charge in [-0.25, -0.2) is 17.8 Å². The SMILES string of the molecule is C=CC(=O)Nc1cccc(Nc2nc(Nc3cccc(S(C)(=O)=O)c3)ncc2F)c1. The Morgan fingerprint density at radius 2 is 1.73 bits per heavy atom. The minimum Gasteiger partial charge on any atom is -0.338 e. The number of anilines is 5. The number of aromatic nitrogens is 2. The average molecular weight is 427 g/mol. The third kappa shape index (κ3) is 5.39. The molecule has 0 fully saturated rings. The van der Waals surface area contributed by atoms with Crippen LogP contribution in [0.1, 0.15) is 0 Å². The number of amides is 1. The number of benzene rings is 2. The molecular formula is C20H18FN5O3S. The molecule has 3 N–H and O–H groups in total. The first-order valence-electron chi connectivity index (χ1n) is 8.65. The van der Waals surface area contributed by atoms with Crippen LogP contribution in [0.25, 0.3) is 0 Å². The summed E-state index contributed by atoms with van der Waals surface area (Å²) in [7, 11) is -3.38. The summed E-state index contributed by atoms with van der Waals surface area (Å²) in [6, 6.07) is 12.7. The van der Waals surface area contributed by atoms with Crippen molar-refractivity contribution in [2.24, 2.45) is 0 Å². The topological polar surface area (TPSA) is 113 Å². The number of sulfone groups is 1. The largest absolute Gasteiger partial charge is 0.338 e. The van der Waals surface area contributed by atoms with Gasteiger partial charge in [0.15, 0.2) is 21.5 Å². The summed E-state index contributed by atoms with van der Waals surface area (Å²) in [5, 5.41) is 8.29. The van der Waals surface area contributed by atoms with E-state index in [1.807, 2.05) is 0 Å². The molecule has 0 aliphatic rings. The Morgan fingerprint density at radius 3 is 2.43 bits per heavy atom. The molecule has 1 aromatic heterocycles. The first-order chi connectivity index (χ1) is 14.2. The molecule has 0 bridgehead atoms.